The smallest absolute Gasteiger partial charge is 0.291 e. The van der Waals surface area contributed by atoms with Gasteiger partial charge in [-0.15, -0.1) is 0 Å². The molecule has 1 aromatic carbocycles. The summed E-state index contributed by atoms with van der Waals surface area (Å²) in [4.78, 5) is 12.3. The zero-order valence-electron chi connectivity index (χ0n) is 10.8. The number of benzene rings is 1. The number of hydrogen-bond acceptors (Lipinski definition) is 3. The number of halogens is 1. The summed E-state index contributed by atoms with van der Waals surface area (Å²) in [6.45, 7) is 1.95. The molecule has 6 heteroatoms. The van der Waals surface area contributed by atoms with Crippen LogP contribution in [-0.2, 0) is 6.42 Å². The van der Waals surface area contributed by atoms with Crippen molar-refractivity contribution in [3.63, 3.8) is 0 Å². The van der Waals surface area contributed by atoms with Crippen LogP contribution < -0.4 is 11.1 Å². The summed E-state index contributed by atoms with van der Waals surface area (Å²) in [5.41, 5.74) is 6.64. The number of nitrogens with two attached hydrogens (primary N) is 1. The molecule has 1 heterocycles. The number of carbonyl (C=O) groups excluding carboxylic acids is 1. The summed E-state index contributed by atoms with van der Waals surface area (Å²) in [6.07, 6.45) is 0.733. The number of carbonyl (C=O) groups is 1. The Kier molecular flexibility index (Phi) is 4.42. The van der Waals surface area contributed by atoms with E-state index in [1.807, 2.05) is 6.92 Å². The quantitative estimate of drug-likeness (QED) is 0.850. The average Bonchev–Trinajstić information content (AvgIpc) is 2.89. The molecule has 2 rings (SSSR count). The van der Waals surface area contributed by atoms with E-state index in [0.29, 0.717) is 16.3 Å². The third-order valence-electron chi connectivity index (χ3n) is 2.74. The van der Waals surface area contributed by atoms with Gasteiger partial charge < -0.3 is 15.5 Å². The lowest BCUT2D eigenvalue weighted by Gasteiger charge is -2.07. The minimum absolute atomic E-state index is 0.247. The average molecular weight is 309 g/mol. The van der Waals surface area contributed by atoms with Crippen molar-refractivity contribution in [3.8, 4) is 0 Å². The fourth-order valence-corrected chi connectivity index (χ4v) is 2.00. The Hall–Kier alpha value is -1.85. The van der Waals surface area contributed by atoms with Crippen molar-refractivity contribution < 1.29 is 9.21 Å². The topological polar surface area (TPSA) is 68.3 Å². The van der Waals surface area contributed by atoms with E-state index in [1.54, 1.807) is 30.3 Å². The highest BCUT2D eigenvalue weighted by atomic mass is 35.5. The molecule has 0 aliphatic rings. The van der Waals surface area contributed by atoms with Crippen molar-refractivity contribution in [2.24, 2.45) is 5.73 Å². The van der Waals surface area contributed by atoms with E-state index in [1.165, 1.54) is 0 Å². The number of nitrogens with one attached hydrogen (secondary N) is 1. The molecule has 1 aromatic heterocycles. The van der Waals surface area contributed by atoms with E-state index in [2.05, 4.69) is 5.32 Å². The Morgan fingerprint density at radius 3 is 2.70 bits per heavy atom. The molecule has 0 aliphatic heterocycles. The highest BCUT2D eigenvalue weighted by Crippen LogP contribution is 2.24. The summed E-state index contributed by atoms with van der Waals surface area (Å²) in [5.74, 6) is 0.649. The number of rotatable bonds is 4. The number of thiocarbonyl (C=S) groups is 1. The van der Waals surface area contributed by atoms with Crippen LogP contribution in [0.5, 0.6) is 0 Å². The molecule has 0 radical (unpaired) electrons. The Labute approximate surface area is 126 Å². The Bertz CT molecular complexity index is 667. The van der Waals surface area contributed by atoms with Gasteiger partial charge in [0.15, 0.2) is 5.76 Å². The predicted molar refractivity (Wildman–Crippen MR) is 83.4 cm³/mol. The summed E-state index contributed by atoms with van der Waals surface area (Å²) in [7, 11) is 0. The van der Waals surface area contributed by atoms with Gasteiger partial charge in [0.25, 0.3) is 5.91 Å². The standard InChI is InChI=1S/C14H13ClN2O2S/c1-2-9-4-6-12(19-9)14(18)17-11-5-3-8(13(16)20)7-10(11)15/h3-7H,2H2,1H3,(H2,16,20)(H,17,18). The Morgan fingerprint density at radius 2 is 2.15 bits per heavy atom. The lowest BCUT2D eigenvalue weighted by atomic mass is 10.2. The van der Waals surface area contributed by atoms with Crippen LogP contribution in [0, 0.1) is 0 Å². The van der Waals surface area contributed by atoms with Crippen molar-refractivity contribution in [1.82, 2.24) is 0 Å². The maximum atomic E-state index is 12.0. The summed E-state index contributed by atoms with van der Waals surface area (Å²) in [6, 6.07) is 8.36. The molecule has 104 valence electrons. The third kappa shape index (κ3) is 3.18. The molecule has 2 aromatic rings. The minimum atomic E-state index is -0.352. The van der Waals surface area contributed by atoms with Gasteiger partial charge in [0.05, 0.1) is 10.7 Å². The molecule has 0 spiro atoms. The van der Waals surface area contributed by atoms with Gasteiger partial charge in [-0.25, -0.2) is 0 Å². The van der Waals surface area contributed by atoms with Crippen LogP contribution in [0.4, 0.5) is 5.69 Å². The molecule has 1 amide bonds. The zero-order valence-corrected chi connectivity index (χ0v) is 12.3. The fourth-order valence-electron chi connectivity index (χ4n) is 1.64. The molecule has 0 aliphatic carbocycles. The summed E-state index contributed by atoms with van der Waals surface area (Å²) in [5, 5.41) is 3.05. The summed E-state index contributed by atoms with van der Waals surface area (Å²) >= 11 is 10.9. The molecule has 0 saturated heterocycles. The molecule has 3 N–H and O–H groups in total. The lowest BCUT2D eigenvalue weighted by molar-refractivity contribution is 0.0995. The number of anilines is 1. The SMILES string of the molecule is CCc1ccc(C(=O)Nc2ccc(C(N)=S)cc2Cl)o1. The van der Waals surface area contributed by atoms with E-state index < -0.39 is 0 Å². The van der Waals surface area contributed by atoms with Crippen molar-refractivity contribution in [2.45, 2.75) is 13.3 Å². The normalized spacial score (nSPS) is 10.3. The van der Waals surface area contributed by atoms with Crippen LogP contribution in [0.25, 0.3) is 0 Å². The van der Waals surface area contributed by atoms with Gasteiger partial charge in [0, 0.05) is 12.0 Å². The molecule has 0 saturated carbocycles. The van der Waals surface area contributed by atoms with Crippen LogP contribution in [0.15, 0.2) is 34.7 Å². The Morgan fingerprint density at radius 1 is 1.40 bits per heavy atom. The Balaban J connectivity index is 2.17. The molecule has 0 atom stereocenters. The molecule has 0 bridgehead atoms. The fraction of sp³-hybridized carbons (Fsp3) is 0.143. The second-order valence-corrected chi connectivity index (χ2v) is 4.98. The van der Waals surface area contributed by atoms with E-state index in [9.17, 15) is 4.79 Å². The van der Waals surface area contributed by atoms with E-state index in [-0.39, 0.29) is 16.7 Å². The second kappa shape index (κ2) is 6.07. The summed E-state index contributed by atoms with van der Waals surface area (Å²) < 4.78 is 5.37. The van der Waals surface area contributed by atoms with E-state index >= 15 is 0 Å². The number of aryl methyl sites for hydroxylation is 1. The minimum Gasteiger partial charge on any atom is -0.456 e. The van der Waals surface area contributed by atoms with Gasteiger partial charge in [0.1, 0.15) is 10.7 Å². The van der Waals surface area contributed by atoms with Gasteiger partial charge in [-0.05, 0) is 30.3 Å². The second-order valence-electron chi connectivity index (χ2n) is 4.13. The van der Waals surface area contributed by atoms with Gasteiger partial charge in [-0.1, -0.05) is 30.7 Å². The monoisotopic (exact) mass is 308 g/mol. The van der Waals surface area contributed by atoms with Crippen molar-refractivity contribution in [2.75, 3.05) is 5.32 Å². The van der Waals surface area contributed by atoms with Crippen LogP contribution >= 0.6 is 23.8 Å². The zero-order chi connectivity index (χ0) is 14.7. The number of furan rings is 1. The van der Waals surface area contributed by atoms with Crippen molar-refractivity contribution in [3.05, 3.63) is 52.4 Å². The maximum Gasteiger partial charge on any atom is 0.291 e. The van der Waals surface area contributed by atoms with Crippen molar-refractivity contribution >= 4 is 40.4 Å². The third-order valence-corrected chi connectivity index (χ3v) is 3.28. The molecular formula is C14H13ClN2O2S. The lowest BCUT2D eigenvalue weighted by Crippen LogP contribution is -2.13. The maximum absolute atomic E-state index is 12.0. The van der Waals surface area contributed by atoms with Crippen LogP contribution in [0.2, 0.25) is 5.02 Å². The molecule has 4 nitrogen and oxygen atoms in total. The molecule has 20 heavy (non-hydrogen) atoms. The first-order valence-corrected chi connectivity index (χ1v) is 6.79. The first-order chi connectivity index (χ1) is 9.51. The highest BCUT2D eigenvalue weighted by Gasteiger charge is 2.13. The molecule has 0 fully saturated rings. The van der Waals surface area contributed by atoms with Gasteiger partial charge >= 0.3 is 0 Å². The van der Waals surface area contributed by atoms with Crippen molar-refractivity contribution in [1.29, 1.82) is 0 Å². The van der Waals surface area contributed by atoms with E-state index in [4.69, 9.17) is 34.0 Å². The first-order valence-electron chi connectivity index (χ1n) is 6.00. The van der Waals surface area contributed by atoms with Gasteiger partial charge in [-0.3, -0.25) is 4.79 Å². The van der Waals surface area contributed by atoms with Crippen LogP contribution in [0.3, 0.4) is 0 Å². The molecule has 0 unspecified atom stereocenters. The van der Waals surface area contributed by atoms with Gasteiger partial charge in [0.2, 0.25) is 0 Å². The predicted octanol–water partition coefficient (Wildman–Crippen LogP) is 3.38. The van der Waals surface area contributed by atoms with E-state index in [0.717, 1.165) is 12.2 Å². The van der Waals surface area contributed by atoms with Crippen LogP contribution in [-0.4, -0.2) is 10.9 Å². The van der Waals surface area contributed by atoms with Gasteiger partial charge in [-0.2, -0.15) is 0 Å². The van der Waals surface area contributed by atoms with Crippen LogP contribution in [0.1, 0.15) is 28.8 Å². The molecular weight excluding hydrogens is 296 g/mol. The largest absolute Gasteiger partial charge is 0.456 e. The first kappa shape index (κ1) is 14.6. The highest BCUT2D eigenvalue weighted by molar-refractivity contribution is 7.80. The number of hydrogen-bond donors (Lipinski definition) is 2. The number of amides is 1.